The summed E-state index contributed by atoms with van der Waals surface area (Å²) in [6, 6.07) is 15.6. The number of esters is 1. The molecule has 0 saturated heterocycles. The van der Waals surface area contributed by atoms with Crippen LogP contribution in [0.4, 0.5) is 4.39 Å². The van der Waals surface area contributed by atoms with Crippen LogP contribution in [0, 0.1) is 11.7 Å². The zero-order valence-electron chi connectivity index (χ0n) is 19.1. The molecule has 0 amide bonds. The molecule has 2 atom stereocenters. The van der Waals surface area contributed by atoms with Crippen molar-refractivity contribution in [1.82, 2.24) is 4.90 Å². The maximum Gasteiger partial charge on any atom is 0.303 e. The minimum Gasteiger partial charge on any atom is -0.459 e. The second-order valence-electron chi connectivity index (χ2n) is 9.01. The van der Waals surface area contributed by atoms with Crippen molar-refractivity contribution < 1.29 is 13.9 Å². The van der Waals surface area contributed by atoms with Gasteiger partial charge in [-0.1, -0.05) is 50.2 Å². The number of fused-ring (bicyclic) bond motifs is 1. The van der Waals surface area contributed by atoms with Crippen LogP contribution in [0.1, 0.15) is 56.2 Å². The van der Waals surface area contributed by atoms with Crippen molar-refractivity contribution in [2.24, 2.45) is 5.92 Å². The van der Waals surface area contributed by atoms with Crippen LogP contribution in [0.2, 0.25) is 0 Å². The Balaban J connectivity index is 0.00000341. The molecule has 5 heteroatoms. The molecular weight excluding hydrogens is 413 g/mol. The minimum atomic E-state index is -0.550. The number of nitrogens with zero attached hydrogens (tertiary/aromatic N) is 1. The predicted octanol–water partition coefficient (Wildman–Crippen LogP) is 5.80. The van der Waals surface area contributed by atoms with Crippen molar-refractivity contribution in [3.63, 3.8) is 0 Å². The van der Waals surface area contributed by atoms with Crippen molar-refractivity contribution in [1.29, 1.82) is 0 Å². The first-order valence-electron chi connectivity index (χ1n) is 11.0. The molecule has 0 aromatic heterocycles. The number of carbonyl (C=O) groups is 1. The Morgan fingerprint density at radius 2 is 1.90 bits per heavy atom. The Kier molecular flexibility index (Phi) is 9.08. The molecule has 0 N–H and O–H groups in total. The van der Waals surface area contributed by atoms with Crippen LogP contribution in [0.15, 0.2) is 48.5 Å². The van der Waals surface area contributed by atoms with Gasteiger partial charge in [-0.15, -0.1) is 12.4 Å². The molecule has 3 nitrogen and oxygen atoms in total. The van der Waals surface area contributed by atoms with Gasteiger partial charge in [0.05, 0.1) is 0 Å². The number of halogens is 2. The van der Waals surface area contributed by atoms with E-state index < -0.39 is 5.60 Å². The molecule has 31 heavy (non-hydrogen) atoms. The lowest BCUT2D eigenvalue weighted by Gasteiger charge is -2.47. The van der Waals surface area contributed by atoms with E-state index in [9.17, 15) is 9.18 Å². The molecule has 0 saturated carbocycles. The normalized spacial score (nSPS) is 20.3. The molecule has 3 rings (SSSR count). The van der Waals surface area contributed by atoms with Gasteiger partial charge >= 0.3 is 5.97 Å². The maximum absolute atomic E-state index is 13.8. The largest absolute Gasteiger partial charge is 0.459 e. The van der Waals surface area contributed by atoms with Crippen molar-refractivity contribution in [3.8, 4) is 0 Å². The highest BCUT2D eigenvalue weighted by Gasteiger charge is 2.47. The highest BCUT2D eigenvalue weighted by Crippen LogP contribution is 2.48. The molecule has 0 spiro atoms. The van der Waals surface area contributed by atoms with Crippen LogP contribution < -0.4 is 0 Å². The Hall–Kier alpha value is -1.91. The van der Waals surface area contributed by atoms with Crippen LogP contribution in [-0.4, -0.2) is 36.6 Å². The number of rotatable bonds is 8. The molecule has 1 aliphatic rings. The van der Waals surface area contributed by atoms with E-state index in [0.29, 0.717) is 0 Å². The van der Waals surface area contributed by atoms with Crippen molar-refractivity contribution in [2.75, 3.05) is 20.1 Å². The van der Waals surface area contributed by atoms with Gasteiger partial charge in [0.25, 0.3) is 0 Å². The third-order valence-corrected chi connectivity index (χ3v) is 6.38. The molecule has 1 aliphatic carbocycles. The van der Waals surface area contributed by atoms with Gasteiger partial charge in [-0.05, 0) is 61.1 Å². The van der Waals surface area contributed by atoms with E-state index in [2.05, 4.69) is 50.1 Å². The number of hydrogen-bond donors (Lipinski definition) is 0. The molecule has 0 aliphatic heterocycles. The van der Waals surface area contributed by atoms with Gasteiger partial charge < -0.3 is 9.64 Å². The van der Waals surface area contributed by atoms with Crippen molar-refractivity contribution >= 4 is 18.4 Å². The highest BCUT2D eigenvalue weighted by atomic mass is 35.5. The molecule has 2 aromatic carbocycles. The number of aryl methyl sites for hydroxylation is 1. The molecule has 0 heterocycles. The maximum atomic E-state index is 13.8. The van der Waals surface area contributed by atoms with Crippen LogP contribution in [0.25, 0.3) is 0 Å². The molecular formula is C26H35ClFNO2. The summed E-state index contributed by atoms with van der Waals surface area (Å²) >= 11 is 0. The molecule has 170 valence electrons. The van der Waals surface area contributed by atoms with E-state index in [4.69, 9.17) is 4.74 Å². The van der Waals surface area contributed by atoms with Crippen molar-refractivity contribution in [2.45, 2.75) is 58.0 Å². The summed E-state index contributed by atoms with van der Waals surface area (Å²) in [5, 5.41) is 0. The zero-order chi connectivity index (χ0) is 21.7. The second-order valence-corrected chi connectivity index (χ2v) is 9.01. The Bertz CT molecular complexity index is 858. The summed E-state index contributed by atoms with van der Waals surface area (Å²) in [4.78, 5) is 14.4. The van der Waals surface area contributed by atoms with Crippen LogP contribution in [-0.2, 0) is 22.4 Å². The van der Waals surface area contributed by atoms with E-state index >= 15 is 0 Å². The Morgan fingerprint density at radius 1 is 1.19 bits per heavy atom. The second kappa shape index (κ2) is 11.1. The standard InChI is InChI=1S/C26H34FNO2.ClH/c1-19(2)25-24-11-10-23(27)18-22(24)12-14-26(25,30-20(3)29)15-17-28(4)16-13-21-8-6-5-7-9-21;/h5-11,18-19,25H,12-17H2,1-4H3;1H/t25-,26-;/m0./s1. The molecule has 0 fully saturated rings. The van der Waals surface area contributed by atoms with E-state index in [1.807, 2.05) is 12.1 Å². The van der Waals surface area contributed by atoms with E-state index in [1.54, 1.807) is 6.07 Å². The first-order chi connectivity index (χ1) is 14.3. The summed E-state index contributed by atoms with van der Waals surface area (Å²) in [6.45, 7) is 7.63. The zero-order valence-corrected chi connectivity index (χ0v) is 19.9. The van der Waals surface area contributed by atoms with Gasteiger partial charge in [-0.3, -0.25) is 4.79 Å². The average Bonchev–Trinajstić information content (AvgIpc) is 2.71. The number of benzene rings is 2. The summed E-state index contributed by atoms with van der Waals surface area (Å²) < 4.78 is 19.9. The molecule has 0 radical (unpaired) electrons. The third-order valence-electron chi connectivity index (χ3n) is 6.38. The lowest BCUT2D eigenvalue weighted by molar-refractivity contribution is -0.164. The number of ether oxygens (including phenoxy) is 1. The topological polar surface area (TPSA) is 29.5 Å². The SMILES string of the molecule is CC(=O)O[C@]1(CCN(C)CCc2ccccc2)CCc2cc(F)ccc2[C@@H]1C(C)C.Cl. The van der Waals surface area contributed by atoms with Gasteiger partial charge in [-0.25, -0.2) is 4.39 Å². The monoisotopic (exact) mass is 447 g/mol. The predicted molar refractivity (Wildman–Crippen MR) is 126 cm³/mol. The van der Waals surface area contributed by atoms with E-state index in [-0.39, 0.29) is 36.0 Å². The van der Waals surface area contributed by atoms with E-state index in [1.165, 1.54) is 18.6 Å². The fourth-order valence-electron chi connectivity index (χ4n) is 5.03. The van der Waals surface area contributed by atoms with Crippen LogP contribution in [0.3, 0.4) is 0 Å². The highest BCUT2D eigenvalue weighted by molar-refractivity contribution is 5.85. The summed E-state index contributed by atoms with van der Waals surface area (Å²) in [7, 11) is 2.13. The Labute approximate surface area is 192 Å². The van der Waals surface area contributed by atoms with Gasteiger partial charge in [-0.2, -0.15) is 0 Å². The molecule has 2 aromatic rings. The smallest absolute Gasteiger partial charge is 0.303 e. The van der Waals surface area contributed by atoms with Gasteiger partial charge in [0.15, 0.2) is 0 Å². The molecule has 0 bridgehead atoms. The first kappa shape index (κ1) is 25.4. The summed E-state index contributed by atoms with van der Waals surface area (Å²) in [6.07, 6.45) is 3.24. The fraction of sp³-hybridized carbons (Fsp3) is 0.500. The van der Waals surface area contributed by atoms with Gasteiger partial charge in [0, 0.05) is 32.4 Å². The lowest BCUT2D eigenvalue weighted by atomic mass is 9.65. The average molecular weight is 448 g/mol. The van der Waals surface area contributed by atoms with Gasteiger partial charge in [0.2, 0.25) is 0 Å². The van der Waals surface area contributed by atoms with Crippen LogP contribution >= 0.6 is 12.4 Å². The van der Waals surface area contributed by atoms with Gasteiger partial charge in [0.1, 0.15) is 11.4 Å². The molecule has 0 unspecified atom stereocenters. The number of hydrogen-bond acceptors (Lipinski definition) is 3. The fourth-order valence-corrected chi connectivity index (χ4v) is 5.03. The lowest BCUT2D eigenvalue weighted by Crippen LogP contribution is -2.48. The first-order valence-corrected chi connectivity index (χ1v) is 11.0. The van der Waals surface area contributed by atoms with Crippen LogP contribution in [0.5, 0.6) is 0 Å². The van der Waals surface area contributed by atoms with Crippen molar-refractivity contribution in [3.05, 3.63) is 71.0 Å². The summed E-state index contributed by atoms with van der Waals surface area (Å²) in [5.41, 5.74) is 2.96. The minimum absolute atomic E-state index is 0. The Morgan fingerprint density at radius 3 is 2.55 bits per heavy atom. The third kappa shape index (κ3) is 6.30. The number of carbonyl (C=O) groups excluding carboxylic acids is 1. The summed E-state index contributed by atoms with van der Waals surface area (Å²) in [5.74, 6) is -0.0909. The number of likely N-dealkylation sites (N-methyl/N-ethyl adjacent to an activating group) is 1. The quantitative estimate of drug-likeness (QED) is 0.479. The van der Waals surface area contributed by atoms with E-state index in [0.717, 1.165) is 49.9 Å².